The molecule has 40 heavy (non-hydrogen) atoms. The summed E-state index contributed by atoms with van der Waals surface area (Å²) in [4.78, 5) is 12.6. The van der Waals surface area contributed by atoms with Gasteiger partial charge in [0.15, 0.2) is 0 Å². The molecular formula is C32H58N3O4S+. The molecule has 1 unspecified atom stereocenters. The van der Waals surface area contributed by atoms with Crippen molar-refractivity contribution in [3.8, 4) is 5.88 Å². The normalized spacial score (nSPS) is 17.5. The minimum atomic E-state index is -0.738. The molecule has 0 bridgehead atoms. The van der Waals surface area contributed by atoms with E-state index in [1.807, 2.05) is 13.8 Å². The van der Waals surface area contributed by atoms with Gasteiger partial charge in [-0.15, -0.1) is 4.37 Å². The zero-order valence-electron chi connectivity index (χ0n) is 26.3. The largest absolute Gasteiger partial charge is 0.512 e. The van der Waals surface area contributed by atoms with Crippen LogP contribution in [0.1, 0.15) is 143 Å². The molecule has 1 aliphatic rings. The highest BCUT2D eigenvalue weighted by molar-refractivity contribution is 6.99. The topological polar surface area (TPSA) is 70.5 Å². The summed E-state index contributed by atoms with van der Waals surface area (Å²) in [5, 5.41) is 0. The first-order chi connectivity index (χ1) is 19.3. The molecule has 8 heteroatoms. The van der Waals surface area contributed by atoms with Crippen LogP contribution in [0.25, 0.3) is 5.57 Å². The number of hydrogen-bond donors (Lipinski definition) is 0. The first-order valence-electron chi connectivity index (χ1n) is 16.2. The number of hydrogen-bond acceptors (Lipinski definition) is 7. The molecule has 1 aliphatic heterocycles. The summed E-state index contributed by atoms with van der Waals surface area (Å²) in [6.45, 7) is 11.1. The van der Waals surface area contributed by atoms with E-state index in [4.69, 9.17) is 14.2 Å². The maximum absolute atomic E-state index is 12.6. The predicted octanol–water partition coefficient (Wildman–Crippen LogP) is 9.32. The Labute approximate surface area is 249 Å². The Morgan fingerprint density at radius 1 is 0.850 bits per heavy atom. The lowest BCUT2D eigenvalue weighted by Gasteiger charge is -2.47. The van der Waals surface area contributed by atoms with Crippen molar-refractivity contribution < 1.29 is 23.5 Å². The van der Waals surface area contributed by atoms with Gasteiger partial charge in [-0.3, -0.25) is 4.48 Å². The van der Waals surface area contributed by atoms with Crippen LogP contribution in [0.2, 0.25) is 0 Å². The summed E-state index contributed by atoms with van der Waals surface area (Å²) < 4.78 is 26.9. The van der Waals surface area contributed by atoms with Crippen LogP contribution < -0.4 is 4.74 Å². The Bertz CT molecular complexity index is 857. The molecule has 230 valence electrons. The van der Waals surface area contributed by atoms with Crippen LogP contribution in [-0.2, 0) is 9.47 Å². The molecule has 1 aromatic heterocycles. The zero-order chi connectivity index (χ0) is 29.1. The average Bonchev–Trinajstić information content (AvgIpc) is 3.39. The SMILES string of the molecule is CCCCCCCCCCCCCCOC(=O)OC(C)(C)[N+]1(C)CCC=C(c2nsnc2OCCCCCC)C1. The van der Waals surface area contributed by atoms with Gasteiger partial charge in [0.25, 0.3) is 5.88 Å². The molecule has 0 N–H and O–H groups in total. The van der Waals surface area contributed by atoms with Crippen molar-refractivity contribution in [1.29, 1.82) is 0 Å². The van der Waals surface area contributed by atoms with Gasteiger partial charge in [0.1, 0.15) is 12.2 Å². The van der Waals surface area contributed by atoms with Gasteiger partial charge in [-0.05, 0) is 12.8 Å². The van der Waals surface area contributed by atoms with E-state index in [1.165, 1.54) is 95.2 Å². The number of rotatable bonds is 22. The average molecular weight is 581 g/mol. The quantitative estimate of drug-likeness (QED) is 0.0773. The van der Waals surface area contributed by atoms with E-state index in [0.29, 0.717) is 30.1 Å². The highest BCUT2D eigenvalue weighted by Crippen LogP contribution is 2.35. The zero-order valence-corrected chi connectivity index (χ0v) is 27.1. The number of carbonyl (C=O) groups is 1. The summed E-state index contributed by atoms with van der Waals surface area (Å²) in [5.74, 6) is 0.627. The van der Waals surface area contributed by atoms with Crippen LogP contribution in [0.3, 0.4) is 0 Å². The highest BCUT2D eigenvalue weighted by Gasteiger charge is 2.46. The second-order valence-electron chi connectivity index (χ2n) is 12.2. The molecule has 2 rings (SSSR count). The Kier molecular flexibility index (Phi) is 16.8. The third kappa shape index (κ3) is 12.5. The van der Waals surface area contributed by atoms with Gasteiger partial charge in [-0.25, -0.2) is 4.79 Å². The predicted molar refractivity (Wildman–Crippen MR) is 166 cm³/mol. The third-order valence-electron chi connectivity index (χ3n) is 8.38. The fourth-order valence-electron chi connectivity index (χ4n) is 5.29. The molecule has 0 radical (unpaired) electrons. The molecule has 2 heterocycles. The third-order valence-corrected chi connectivity index (χ3v) is 8.89. The molecule has 7 nitrogen and oxygen atoms in total. The van der Waals surface area contributed by atoms with E-state index in [9.17, 15) is 4.79 Å². The fourth-order valence-corrected chi connectivity index (χ4v) is 5.82. The number of ether oxygens (including phenoxy) is 3. The van der Waals surface area contributed by atoms with Gasteiger partial charge in [0, 0.05) is 25.8 Å². The molecule has 0 fully saturated rings. The minimum Gasteiger partial charge on any atom is -0.475 e. The second kappa shape index (κ2) is 19.5. The number of likely N-dealkylation sites (N-methyl/N-ethyl adjacent to an activating group) is 1. The van der Waals surface area contributed by atoms with Crippen LogP contribution >= 0.6 is 11.7 Å². The minimum absolute atomic E-state index is 0.421. The Morgan fingerprint density at radius 2 is 1.40 bits per heavy atom. The second-order valence-corrected chi connectivity index (χ2v) is 12.7. The smallest absolute Gasteiger partial charge is 0.475 e. The number of carbonyl (C=O) groups excluding carboxylic acids is 1. The Balaban J connectivity index is 1.67. The van der Waals surface area contributed by atoms with Gasteiger partial charge in [0.2, 0.25) is 5.72 Å². The van der Waals surface area contributed by atoms with Crippen LogP contribution in [0.4, 0.5) is 4.79 Å². The van der Waals surface area contributed by atoms with Crippen LogP contribution in [0.5, 0.6) is 5.88 Å². The van der Waals surface area contributed by atoms with Crippen LogP contribution in [-0.4, -0.2) is 58.5 Å². The summed E-state index contributed by atoms with van der Waals surface area (Å²) in [7, 11) is 2.14. The van der Waals surface area contributed by atoms with Crippen molar-refractivity contribution in [3.63, 3.8) is 0 Å². The van der Waals surface area contributed by atoms with Gasteiger partial charge in [-0.1, -0.05) is 110 Å². The maximum Gasteiger partial charge on any atom is 0.512 e. The van der Waals surface area contributed by atoms with Crippen molar-refractivity contribution in [1.82, 2.24) is 8.75 Å². The van der Waals surface area contributed by atoms with Gasteiger partial charge >= 0.3 is 6.16 Å². The van der Waals surface area contributed by atoms with Gasteiger partial charge < -0.3 is 14.2 Å². The lowest BCUT2D eigenvalue weighted by Crippen LogP contribution is -2.62. The first kappa shape index (κ1) is 34.5. The van der Waals surface area contributed by atoms with Crippen molar-refractivity contribution in [2.75, 3.05) is 33.4 Å². The molecule has 1 aromatic rings. The molecule has 0 spiro atoms. The summed E-state index contributed by atoms with van der Waals surface area (Å²) in [6, 6.07) is 0. The van der Waals surface area contributed by atoms with Crippen molar-refractivity contribution in [3.05, 3.63) is 11.8 Å². The number of nitrogens with zero attached hydrogens (tertiary/aromatic N) is 3. The lowest BCUT2D eigenvalue weighted by molar-refractivity contribution is -0.971. The summed E-state index contributed by atoms with van der Waals surface area (Å²) in [5.41, 5.74) is 1.19. The molecule has 0 amide bonds. The van der Waals surface area contributed by atoms with Gasteiger partial charge in [0.05, 0.1) is 38.5 Å². The van der Waals surface area contributed by atoms with Crippen molar-refractivity contribution >= 4 is 23.5 Å². The lowest BCUT2D eigenvalue weighted by atomic mass is 10.0. The maximum atomic E-state index is 12.6. The fraction of sp³-hybridized carbons (Fsp3) is 0.844. The summed E-state index contributed by atoms with van der Waals surface area (Å²) in [6.07, 6.45) is 22.5. The van der Waals surface area contributed by atoms with E-state index in [0.717, 1.165) is 43.5 Å². The van der Waals surface area contributed by atoms with E-state index >= 15 is 0 Å². The highest BCUT2D eigenvalue weighted by atomic mass is 32.1. The van der Waals surface area contributed by atoms with Gasteiger partial charge in [-0.2, -0.15) is 4.37 Å². The number of quaternary nitrogens is 1. The molecule has 0 aliphatic carbocycles. The Morgan fingerprint density at radius 3 is 2.02 bits per heavy atom. The van der Waals surface area contributed by atoms with Crippen molar-refractivity contribution in [2.45, 2.75) is 143 Å². The standard InChI is InChI=1S/C32H58N3O4S/c1-6-8-10-12-13-14-15-16-17-18-19-21-26-38-31(36)39-32(3,4)35(5)24-22-23-28(27-35)29-30(34-40-33-29)37-25-20-11-9-7-2/h23H,6-22,24-27H2,1-5H3/q+1. The monoisotopic (exact) mass is 580 g/mol. The molecule has 0 saturated carbocycles. The van der Waals surface area contributed by atoms with E-state index in [2.05, 4.69) is 35.7 Å². The van der Waals surface area contributed by atoms with Crippen LogP contribution in [0.15, 0.2) is 6.08 Å². The number of aromatic nitrogens is 2. The first-order valence-corrected chi connectivity index (χ1v) is 16.9. The van der Waals surface area contributed by atoms with E-state index in [1.54, 1.807) is 0 Å². The molecule has 0 saturated heterocycles. The van der Waals surface area contributed by atoms with Crippen molar-refractivity contribution in [2.24, 2.45) is 0 Å². The Hall–Kier alpha value is -1.67. The number of unbranched alkanes of at least 4 members (excludes halogenated alkanes) is 14. The summed E-state index contributed by atoms with van der Waals surface area (Å²) >= 11 is 1.19. The van der Waals surface area contributed by atoms with E-state index in [-0.39, 0.29) is 0 Å². The molecule has 1 atom stereocenters. The van der Waals surface area contributed by atoms with E-state index < -0.39 is 11.9 Å². The molecular weight excluding hydrogens is 522 g/mol. The molecule has 0 aromatic carbocycles. The van der Waals surface area contributed by atoms with Crippen LogP contribution in [0, 0.1) is 0 Å².